The summed E-state index contributed by atoms with van der Waals surface area (Å²) >= 11 is 0. The minimum Gasteiger partial charge on any atom is -0.478 e. The number of alkyl halides is 2. The quantitative estimate of drug-likeness (QED) is 0.649. The van der Waals surface area contributed by atoms with Crippen LogP contribution in [0.15, 0.2) is 36.4 Å². The van der Waals surface area contributed by atoms with Crippen LogP contribution in [0.3, 0.4) is 0 Å². The van der Waals surface area contributed by atoms with Gasteiger partial charge in [0.05, 0.1) is 22.8 Å². The third kappa shape index (κ3) is 4.95. The number of carboxylic acids is 1. The Hall–Kier alpha value is -3.59. The smallest absolute Gasteiger partial charge is 0.337 e. The van der Waals surface area contributed by atoms with Crippen molar-refractivity contribution in [1.29, 1.82) is 5.26 Å². The number of carbonyl (C=O) groups excluding carboxylic acids is 1. The first-order chi connectivity index (χ1) is 14.6. The summed E-state index contributed by atoms with van der Waals surface area (Å²) in [6.45, 7) is -0.132. The molecule has 0 atom stereocenters. The summed E-state index contributed by atoms with van der Waals surface area (Å²) < 4.78 is 52.8. The molecule has 0 bridgehead atoms. The number of nitriles is 1. The van der Waals surface area contributed by atoms with Gasteiger partial charge in [0.25, 0.3) is 6.43 Å². The molecule has 0 saturated carbocycles. The second-order valence-corrected chi connectivity index (χ2v) is 8.55. The number of nitrogens with zero attached hydrogens (tertiary/aromatic N) is 3. The minimum absolute atomic E-state index is 0.0660. The van der Waals surface area contributed by atoms with Gasteiger partial charge >= 0.3 is 5.97 Å². The molecule has 9 nitrogen and oxygen atoms in total. The van der Waals surface area contributed by atoms with Gasteiger partial charge in [-0.05, 0) is 11.6 Å². The van der Waals surface area contributed by atoms with Gasteiger partial charge in [0.1, 0.15) is 17.6 Å². The first-order valence-corrected chi connectivity index (χ1v) is 10.6. The summed E-state index contributed by atoms with van der Waals surface area (Å²) in [5, 5.41) is 18.3. The number of benzene rings is 1. The van der Waals surface area contributed by atoms with Crippen LogP contribution in [0.5, 0.6) is 0 Å². The number of hydrogen-bond acceptors (Lipinski definition) is 7. The highest BCUT2D eigenvalue weighted by molar-refractivity contribution is 7.89. The average molecular weight is 450 g/mol. The third-order valence-electron chi connectivity index (χ3n) is 4.60. The van der Waals surface area contributed by atoms with E-state index in [1.165, 1.54) is 4.90 Å². The van der Waals surface area contributed by atoms with Gasteiger partial charge in [-0.2, -0.15) is 5.26 Å². The first-order valence-electron chi connectivity index (χ1n) is 8.91. The number of carboxylic acid groups (broad SMARTS) is 1. The Morgan fingerprint density at radius 3 is 2.48 bits per heavy atom. The van der Waals surface area contributed by atoms with Crippen molar-refractivity contribution in [3.8, 4) is 6.07 Å². The van der Waals surface area contributed by atoms with E-state index < -0.39 is 45.5 Å². The number of aromatic carboxylic acids is 1. The second-order valence-electron chi connectivity index (χ2n) is 6.82. The standard InChI is InChI=1S/C19H16F2N4O5S/c20-16(21)15-14(19(27)28)6-12(7-22)17(23-15)25-8-13(9-25)18(26)24-31(29,30)10-11-4-2-1-3-5-11/h1-6,13,16H,8-10H2,(H,24,26)(H,27,28). The van der Waals surface area contributed by atoms with Crippen LogP contribution in [0.2, 0.25) is 0 Å². The van der Waals surface area contributed by atoms with Crippen LogP contribution in [0.4, 0.5) is 14.6 Å². The van der Waals surface area contributed by atoms with Gasteiger partial charge in [-0.3, -0.25) is 9.52 Å². The summed E-state index contributed by atoms with van der Waals surface area (Å²) in [4.78, 5) is 28.4. The topological polar surface area (TPSA) is 140 Å². The van der Waals surface area contributed by atoms with Crippen molar-refractivity contribution in [3.05, 3.63) is 58.8 Å². The maximum Gasteiger partial charge on any atom is 0.337 e. The molecule has 0 aliphatic carbocycles. The minimum atomic E-state index is -3.93. The molecule has 162 valence electrons. The van der Waals surface area contributed by atoms with Crippen LogP contribution in [-0.2, 0) is 20.6 Å². The van der Waals surface area contributed by atoms with E-state index in [-0.39, 0.29) is 30.2 Å². The van der Waals surface area contributed by atoms with Crippen molar-refractivity contribution in [2.45, 2.75) is 12.2 Å². The van der Waals surface area contributed by atoms with E-state index in [9.17, 15) is 32.0 Å². The second kappa shape index (κ2) is 8.65. The number of carbonyl (C=O) groups is 2. The van der Waals surface area contributed by atoms with E-state index in [2.05, 4.69) is 4.98 Å². The van der Waals surface area contributed by atoms with Crippen LogP contribution in [0, 0.1) is 17.2 Å². The number of anilines is 1. The number of amides is 1. The van der Waals surface area contributed by atoms with E-state index in [1.54, 1.807) is 36.4 Å². The van der Waals surface area contributed by atoms with Crippen molar-refractivity contribution in [3.63, 3.8) is 0 Å². The first kappa shape index (κ1) is 22.1. The van der Waals surface area contributed by atoms with Gasteiger partial charge in [-0.1, -0.05) is 30.3 Å². The number of sulfonamides is 1. The third-order valence-corrected chi connectivity index (χ3v) is 5.82. The molecule has 1 aromatic carbocycles. The molecule has 12 heteroatoms. The summed E-state index contributed by atoms with van der Waals surface area (Å²) in [6.07, 6.45) is -3.18. The van der Waals surface area contributed by atoms with Gasteiger partial charge in [0.2, 0.25) is 15.9 Å². The van der Waals surface area contributed by atoms with Gasteiger partial charge < -0.3 is 10.0 Å². The molecular weight excluding hydrogens is 434 g/mol. The lowest BCUT2D eigenvalue weighted by molar-refractivity contribution is -0.123. The van der Waals surface area contributed by atoms with Crippen LogP contribution in [0.1, 0.15) is 33.6 Å². The Balaban J connectivity index is 1.70. The van der Waals surface area contributed by atoms with Gasteiger partial charge in [-0.25, -0.2) is 27.0 Å². The zero-order chi connectivity index (χ0) is 22.8. The Bertz CT molecular complexity index is 1160. The van der Waals surface area contributed by atoms with Crippen molar-refractivity contribution in [1.82, 2.24) is 9.71 Å². The number of halogens is 2. The highest BCUT2D eigenvalue weighted by atomic mass is 32.2. The lowest BCUT2D eigenvalue weighted by Gasteiger charge is -2.39. The van der Waals surface area contributed by atoms with E-state index in [0.29, 0.717) is 5.56 Å². The molecule has 1 aromatic heterocycles. The van der Waals surface area contributed by atoms with E-state index in [0.717, 1.165) is 6.07 Å². The van der Waals surface area contributed by atoms with E-state index in [1.807, 2.05) is 4.72 Å². The van der Waals surface area contributed by atoms with Crippen molar-refractivity contribution in [2.24, 2.45) is 5.92 Å². The summed E-state index contributed by atoms with van der Waals surface area (Å²) in [6, 6.07) is 10.8. The van der Waals surface area contributed by atoms with Crippen LogP contribution in [0.25, 0.3) is 0 Å². The fourth-order valence-electron chi connectivity index (χ4n) is 3.06. The molecule has 1 fully saturated rings. The highest BCUT2D eigenvalue weighted by Crippen LogP contribution is 2.31. The number of hydrogen-bond donors (Lipinski definition) is 2. The summed E-state index contributed by atoms with van der Waals surface area (Å²) in [5.74, 6) is -3.74. The molecule has 1 aliphatic heterocycles. The number of nitrogens with one attached hydrogen (secondary N) is 1. The summed E-state index contributed by atoms with van der Waals surface area (Å²) in [7, 11) is -3.93. The lowest BCUT2D eigenvalue weighted by Crippen LogP contribution is -2.55. The fourth-order valence-corrected chi connectivity index (χ4v) is 4.24. The van der Waals surface area contributed by atoms with Crippen LogP contribution >= 0.6 is 0 Å². The Kier molecular flexibility index (Phi) is 6.16. The molecule has 2 heterocycles. The molecule has 2 aromatic rings. The SMILES string of the molecule is N#Cc1cc(C(=O)O)c(C(F)F)nc1N1CC(C(=O)NS(=O)(=O)Cc2ccccc2)C1. The van der Waals surface area contributed by atoms with Crippen LogP contribution in [-0.4, -0.2) is 43.5 Å². The average Bonchev–Trinajstić information content (AvgIpc) is 2.66. The zero-order valence-corrected chi connectivity index (χ0v) is 16.6. The molecule has 1 saturated heterocycles. The molecule has 2 N–H and O–H groups in total. The highest BCUT2D eigenvalue weighted by Gasteiger charge is 2.37. The monoisotopic (exact) mass is 450 g/mol. The lowest BCUT2D eigenvalue weighted by atomic mass is 9.98. The molecule has 1 aliphatic rings. The van der Waals surface area contributed by atoms with E-state index >= 15 is 0 Å². The van der Waals surface area contributed by atoms with Gasteiger partial charge in [0.15, 0.2) is 0 Å². The zero-order valence-electron chi connectivity index (χ0n) is 15.8. The molecule has 0 radical (unpaired) electrons. The van der Waals surface area contributed by atoms with Crippen molar-refractivity contribution >= 4 is 27.7 Å². The van der Waals surface area contributed by atoms with Gasteiger partial charge in [-0.15, -0.1) is 0 Å². The molecule has 31 heavy (non-hydrogen) atoms. The number of rotatable bonds is 7. The number of pyridine rings is 1. The van der Waals surface area contributed by atoms with E-state index in [4.69, 9.17) is 5.11 Å². The Labute approximate surface area is 176 Å². The Morgan fingerprint density at radius 2 is 1.94 bits per heavy atom. The molecule has 3 rings (SSSR count). The maximum atomic E-state index is 13.2. The number of aromatic nitrogens is 1. The molecule has 0 unspecified atom stereocenters. The fraction of sp³-hybridized carbons (Fsp3) is 0.263. The Morgan fingerprint density at radius 1 is 1.29 bits per heavy atom. The van der Waals surface area contributed by atoms with Crippen LogP contribution < -0.4 is 9.62 Å². The van der Waals surface area contributed by atoms with Crippen molar-refractivity contribution in [2.75, 3.05) is 18.0 Å². The predicted octanol–water partition coefficient (Wildman–Crippen LogP) is 1.67. The molecule has 0 spiro atoms. The maximum absolute atomic E-state index is 13.2. The molecular formula is C19H16F2N4O5S. The van der Waals surface area contributed by atoms with Gasteiger partial charge in [0, 0.05) is 13.1 Å². The largest absolute Gasteiger partial charge is 0.478 e. The summed E-state index contributed by atoms with van der Waals surface area (Å²) in [5.41, 5.74) is -1.51. The predicted molar refractivity (Wildman–Crippen MR) is 104 cm³/mol. The normalized spacial score (nSPS) is 14.1. The molecule has 1 amide bonds. The van der Waals surface area contributed by atoms with Crippen molar-refractivity contribution < 1.29 is 31.9 Å².